The topological polar surface area (TPSA) is 79.9 Å². The standard InChI is InChI=1S/C31H37ClN6O2SSi/c1-21-35-25-6-5-24(15-28(25)38(21)20-39-11-14-42(2,3)4)40-29-8-7-26-31(30(29)32)36-27(17-33-26)23-16-34-37(19-23)18-22-9-12-41-13-10-22/h5-8,15-17,19,22H,9-14,18,20H2,1-4H3. The Morgan fingerprint density at radius 1 is 1.05 bits per heavy atom. The molecule has 0 radical (unpaired) electrons. The highest BCUT2D eigenvalue weighted by atomic mass is 35.5. The lowest BCUT2D eigenvalue weighted by Gasteiger charge is -2.20. The molecule has 8 nitrogen and oxygen atoms in total. The molecule has 5 aromatic rings. The summed E-state index contributed by atoms with van der Waals surface area (Å²) >= 11 is 8.92. The van der Waals surface area contributed by atoms with Gasteiger partial charge in [-0.25, -0.2) is 9.97 Å². The van der Waals surface area contributed by atoms with Crippen molar-refractivity contribution in [3.63, 3.8) is 0 Å². The summed E-state index contributed by atoms with van der Waals surface area (Å²) in [5, 5.41) is 5.02. The Bertz CT molecular complexity index is 1710. The van der Waals surface area contributed by atoms with Crippen LogP contribution in [0.3, 0.4) is 0 Å². The van der Waals surface area contributed by atoms with Crippen molar-refractivity contribution in [3.8, 4) is 22.8 Å². The molecule has 1 aliphatic heterocycles. The largest absolute Gasteiger partial charge is 0.456 e. The fourth-order valence-electron chi connectivity index (χ4n) is 5.14. The average molecular weight is 621 g/mol. The number of aromatic nitrogens is 6. The maximum absolute atomic E-state index is 6.88. The first kappa shape index (κ1) is 29.2. The van der Waals surface area contributed by atoms with Crippen LogP contribution in [0.1, 0.15) is 18.7 Å². The number of hydrogen-bond acceptors (Lipinski definition) is 7. The first-order valence-electron chi connectivity index (χ1n) is 14.5. The van der Waals surface area contributed by atoms with Crippen molar-refractivity contribution in [1.29, 1.82) is 0 Å². The summed E-state index contributed by atoms with van der Waals surface area (Å²) < 4.78 is 16.4. The van der Waals surface area contributed by atoms with Gasteiger partial charge >= 0.3 is 0 Å². The van der Waals surface area contributed by atoms with Gasteiger partial charge in [0.15, 0.2) is 0 Å². The van der Waals surface area contributed by atoms with E-state index in [4.69, 9.17) is 31.0 Å². The SMILES string of the molecule is Cc1nc2ccc(Oc3ccc4ncc(-c5cnn(CC6CCSCC6)c5)nc4c3Cl)cc2n1COCC[Si](C)(C)C. The predicted octanol–water partition coefficient (Wildman–Crippen LogP) is 8.05. The molecule has 0 spiro atoms. The molecule has 4 heterocycles. The Morgan fingerprint density at radius 3 is 2.67 bits per heavy atom. The third kappa shape index (κ3) is 6.67. The molecule has 1 saturated heterocycles. The van der Waals surface area contributed by atoms with E-state index in [1.54, 1.807) is 6.20 Å². The predicted molar refractivity (Wildman–Crippen MR) is 174 cm³/mol. The number of hydrogen-bond donors (Lipinski definition) is 0. The van der Waals surface area contributed by atoms with Crippen LogP contribution in [0.2, 0.25) is 30.7 Å². The molecule has 1 fully saturated rings. The number of ether oxygens (including phenoxy) is 2. The van der Waals surface area contributed by atoms with Crippen molar-refractivity contribution in [2.75, 3.05) is 18.1 Å². The third-order valence-electron chi connectivity index (χ3n) is 7.69. The van der Waals surface area contributed by atoms with Crippen molar-refractivity contribution in [1.82, 2.24) is 29.3 Å². The van der Waals surface area contributed by atoms with Crippen molar-refractivity contribution in [2.45, 2.75) is 58.7 Å². The summed E-state index contributed by atoms with van der Waals surface area (Å²) in [5.41, 5.74) is 4.84. The Labute approximate surface area is 256 Å². The lowest BCUT2D eigenvalue weighted by molar-refractivity contribution is 0.0885. The van der Waals surface area contributed by atoms with E-state index in [2.05, 4.69) is 40.5 Å². The van der Waals surface area contributed by atoms with Gasteiger partial charge in [-0.1, -0.05) is 31.2 Å². The summed E-state index contributed by atoms with van der Waals surface area (Å²) in [4.78, 5) is 14.2. The molecule has 0 N–H and O–H groups in total. The number of rotatable bonds is 10. The van der Waals surface area contributed by atoms with Gasteiger partial charge in [-0.2, -0.15) is 16.9 Å². The Hall–Kier alpha value is -2.92. The molecule has 0 bridgehead atoms. The molecule has 0 unspecified atom stereocenters. The summed E-state index contributed by atoms with van der Waals surface area (Å²) in [6.45, 7) is 11.2. The van der Waals surface area contributed by atoms with Gasteiger partial charge in [0, 0.05) is 39.1 Å². The van der Waals surface area contributed by atoms with Crippen LogP contribution >= 0.6 is 23.4 Å². The number of benzene rings is 2. The Morgan fingerprint density at radius 2 is 1.86 bits per heavy atom. The first-order chi connectivity index (χ1) is 20.2. The number of nitrogens with zero attached hydrogens (tertiary/aromatic N) is 6. The summed E-state index contributed by atoms with van der Waals surface area (Å²) in [6, 6.07) is 10.7. The molecule has 42 heavy (non-hydrogen) atoms. The number of thioether (sulfide) groups is 1. The molecule has 0 amide bonds. The van der Waals surface area contributed by atoms with Crippen LogP contribution < -0.4 is 4.74 Å². The van der Waals surface area contributed by atoms with Gasteiger partial charge < -0.3 is 14.0 Å². The van der Waals surface area contributed by atoms with Crippen molar-refractivity contribution in [3.05, 3.63) is 59.8 Å². The summed E-state index contributed by atoms with van der Waals surface area (Å²) in [7, 11) is -1.15. The Balaban J connectivity index is 1.21. The van der Waals surface area contributed by atoms with E-state index in [0.29, 0.717) is 40.2 Å². The molecular weight excluding hydrogens is 584 g/mol. The van der Waals surface area contributed by atoms with Crippen LogP contribution in [0.4, 0.5) is 0 Å². The van der Waals surface area contributed by atoms with Gasteiger partial charge in [0.05, 0.1) is 34.6 Å². The van der Waals surface area contributed by atoms with Crippen LogP contribution in [0.25, 0.3) is 33.3 Å². The zero-order valence-electron chi connectivity index (χ0n) is 24.6. The van der Waals surface area contributed by atoms with E-state index in [1.165, 1.54) is 24.3 Å². The molecule has 0 atom stereocenters. The Kier molecular flexibility index (Phi) is 8.58. The van der Waals surface area contributed by atoms with E-state index < -0.39 is 8.07 Å². The smallest absolute Gasteiger partial charge is 0.148 e. The molecular formula is C31H37ClN6O2SSi. The third-order valence-corrected chi connectivity index (χ3v) is 10.8. The van der Waals surface area contributed by atoms with Gasteiger partial charge in [-0.05, 0) is 67.5 Å². The summed E-state index contributed by atoms with van der Waals surface area (Å²) in [5.74, 6) is 5.25. The zero-order chi connectivity index (χ0) is 29.3. The van der Waals surface area contributed by atoms with Gasteiger partial charge in [-0.3, -0.25) is 9.67 Å². The van der Waals surface area contributed by atoms with E-state index in [9.17, 15) is 0 Å². The lowest BCUT2D eigenvalue weighted by Crippen LogP contribution is -2.22. The van der Waals surface area contributed by atoms with Crippen LogP contribution in [0.15, 0.2) is 48.9 Å². The minimum atomic E-state index is -1.15. The number of halogens is 1. The van der Waals surface area contributed by atoms with Gasteiger partial charge in [0.1, 0.15) is 34.6 Å². The van der Waals surface area contributed by atoms with Crippen LogP contribution in [-0.2, 0) is 18.0 Å². The van der Waals surface area contributed by atoms with Crippen molar-refractivity contribution < 1.29 is 9.47 Å². The number of aryl methyl sites for hydroxylation is 1. The fourth-order valence-corrected chi connectivity index (χ4v) is 7.35. The van der Waals surface area contributed by atoms with E-state index in [1.807, 2.05) is 59.9 Å². The molecule has 0 saturated carbocycles. The maximum Gasteiger partial charge on any atom is 0.148 e. The molecule has 1 aliphatic rings. The zero-order valence-corrected chi connectivity index (χ0v) is 27.2. The number of fused-ring (bicyclic) bond motifs is 2. The van der Waals surface area contributed by atoms with Crippen LogP contribution in [0, 0.1) is 12.8 Å². The maximum atomic E-state index is 6.88. The molecule has 0 aliphatic carbocycles. The van der Waals surface area contributed by atoms with Gasteiger partial charge in [0.25, 0.3) is 0 Å². The highest BCUT2D eigenvalue weighted by Crippen LogP contribution is 2.36. The fraction of sp³-hybridized carbons (Fsp3) is 0.419. The monoisotopic (exact) mass is 620 g/mol. The highest BCUT2D eigenvalue weighted by Gasteiger charge is 2.17. The van der Waals surface area contributed by atoms with Crippen molar-refractivity contribution in [2.24, 2.45) is 5.92 Å². The minimum Gasteiger partial charge on any atom is -0.456 e. The second-order valence-corrected chi connectivity index (χ2v) is 19.4. The van der Waals surface area contributed by atoms with Crippen LogP contribution in [-0.4, -0.2) is 55.5 Å². The van der Waals surface area contributed by atoms with Crippen molar-refractivity contribution >= 4 is 53.5 Å². The van der Waals surface area contributed by atoms with Gasteiger partial charge in [0.2, 0.25) is 0 Å². The van der Waals surface area contributed by atoms with Crippen LogP contribution in [0.5, 0.6) is 11.5 Å². The number of imidazole rings is 1. The molecule has 2 aromatic carbocycles. The normalized spacial score (nSPS) is 14.7. The minimum absolute atomic E-state index is 0.424. The summed E-state index contributed by atoms with van der Waals surface area (Å²) in [6.07, 6.45) is 8.18. The second kappa shape index (κ2) is 12.4. The highest BCUT2D eigenvalue weighted by molar-refractivity contribution is 7.99. The average Bonchev–Trinajstić information content (AvgIpc) is 3.56. The molecule has 6 rings (SSSR count). The molecule has 220 valence electrons. The quantitative estimate of drug-likeness (QED) is 0.115. The molecule has 3 aromatic heterocycles. The van der Waals surface area contributed by atoms with E-state index >= 15 is 0 Å². The van der Waals surface area contributed by atoms with E-state index in [0.717, 1.165) is 47.3 Å². The first-order valence-corrected chi connectivity index (χ1v) is 19.8. The van der Waals surface area contributed by atoms with Gasteiger partial charge in [-0.15, -0.1) is 0 Å². The second-order valence-electron chi connectivity index (χ2n) is 12.2. The lowest BCUT2D eigenvalue weighted by atomic mass is 10.0. The van der Waals surface area contributed by atoms with E-state index in [-0.39, 0.29) is 0 Å². The molecule has 11 heteroatoms.